The molecule has 0 saturated heterocycles. The van der Waals surface area contributed by atoms with Gasteiger partial charge in [0.05, 0.1) is 22.8 Å². The van der Waals surface area contributed by atoms with Crippen LogP contribution in [-0.4, -0.2) is 20.4 Å². The van der Waals surface area contributed by atoms with E-state index in [1.165, 1.54) is 0 Å². The molecule has 31 heavy (non-hydrogen) atoms. The highest BCUT2D eigenvalue weighted by atomic mass is 16.5. The molecule has 0 spiro atoms. The van der Waals surface area contributed by atoms with E-state index < -0.39 is 5.92 Å². The minimum Gasteiger partial charge on any atom is -0.489 e. The average molecular weight is 415 g/mol. The van der Waals surface area contributed by atoms with Crippen LogP contribution in [0.4, 0.5) is 0 Å². The Hall–Kier alpha value is -4.25. The van der Waals surface area contributed by atoms with E-state index in [0.29, 0.717) is 33.8 Å². The number of nitrogens with zero attached hydrogens (tertiary/aromatic N) is 1. The van der Waals surface area contributed by atoms with Gasteiger partial charge in [0.1, 0.15) is 12.4 Å². The molecule has 2 aromatic heterocycles. The zero-order chi connectivity index (χ0) is 22.0. The molecule has 2 aromatic carbocycles. The molecule has 0 bridgehead atoms. The molecule has 0 aliphatic rings. The first-order valence-electron chi connectivity index (χ1n) is 9.74. The number of hydrogen-bond acceptors (Lipinski definition) is 4. The van der Waals surface area contributed by atoms with E-state index in [9.17, 15) is 14.9 Å². The number of rotatable bonds is 6. The van der Waals surface area contributed by atoms with Crippen molar-refractivity contribution in [1.82, 2.24) is 20.4 Å². The molecule has 0 atom stereocenters. The van der Waals surface area contributed by atoms with E-state index in [2.05, 4.69) is 26.5 Å². The topological polar surface area (TPSA) is 130 Å². The van der Waals surface area contributed by atoms with Gasteiger partial charge in [0, 0.05) is 22.9 Å². The van der Waals surface area contributed by atoms with Gasteiger partial charge < -0.3 is 14.9 Å². The smallest absolute Gasteiger partial charge is 0.268 e. The molecule has 0 aliphatic heterocycles. The molecule has 4 rings (SSSR count). The summed E-state index contributed by atoms with van der Waals surface area (Å²) < 4.78 is 5.85. The maximum absolute atomic E-state index is 12.5. The SMILES string of the molecule is Cc1[nH][nH]c(=O)c1C(c1ccc(OCc2ccccc2C#N)cc1)c1c(C)[nH][nH]c1=O. The molecule has 4 N–H and O–H groups in total. The fourth-order valence-electron chi connectivity index (χ4n) is 3.76. The number of aryl methyl sites for hydroxylation is 2. The highest BCUT2D eigenvalue weighted by molar-refractivity contribution is 5.46. The lowest BCUT2D eigenvalue weighted by atomic mass is 9.85. The van der Waals surface area contributed by atoms with E-state index in [-0.39, 0.29) is 17.7 Å². The van der Waals surface area contributed by atoms with Crippen molar-refractivity contribution in [3.63, 3.8) is 0 Å². The molecule has 2 heterocycles. The second-order valence-corrected chi connectivity index (χ2v) is 7.30. The summed E-state index contributed by atoms with van der Waals surface area (Å²) >= 11 is 0. The molecule has 156 valence electrons. The molecule has 0 saturated carbocycles. The van der Waals surface area contributed by atoms with Gasteiger partial charge in [0.25, 0.3) is 11.1 Å². The van der Waals surface area contributed by atoms with Crippen LogP contribution < -0.4 is 15.9 Å². The molecular formula is C23H21N5O3. The third-order valence-electron chi connectivity index (χ3n) is 5.35. The van der Waals surface area contributed by atoms with Gasteiger partial charge in [0.15, 0.2) is 0 Å². The fraction of sp³-hybridized carbons (Fsp3) is 0.174. The van der Waals surface area contributed by atoms with Crippen LogP contribution in [0, 0.1) is 25.2 Å². The first-order valence-corrected chi connectivity index (χ1v) is 9.74. The van der Waals surface area contributed by atoms with Crippen LogP contribution in [0.15, 0.2) is 58.1 Å². The van der Waals surface area contributed by atoms with Crippen molar-refractivity contribution in [2.45, 2.75) is 26.4 Å². The third kappa shape index (κ3) is 3.81. The van der Waals surface area contributed by atoms with Gasteiger partial charge in [-0.2, -0.15) is 5.26 Å². The van der Waals surface area contributed by atoms with E-state index in [4.69, 9.17) is 4.74 Å². The summed E-state index contributed by atoms with van der Waals surface area (Å²) in [7, 11) is 0. The Kier molecular flexibility index (Phi) is 5.33. The summed E-state index contributed by atoms with van der Waals surface area (Å²) in [5.41, 5.74) is 3.94. The van der Waals surface area contributed by atoms with Crippen LogP contribution in [0.1, 0.15) is 45.1 Å². The third-order valence-corrected chi connectivity index (χ3v) is 5.35. The van der Waals surface area contributed by atoms with Gasteiger partial charge in [-0.05, 0) is 37.6 Å². The summed E-state index contributed by atoms with van der Waals surface area (Å²) in [6, 6.07) is 16.7. The first kappa shape index (κ1) is 20.0. The van der Waals surface area contributed by atoms with Crippen LogP contribution in [0.5, 0.6) is 5.75 Å². The maximum Gasteiger partial charge on any atom is 0.268 e. The fourth-order valence-corrected chi connectivity index (χ4v) is 3.76. The molecule has 8 nitrogen and oxygen atoms in total. The summed E-state index contributed by atoms with van der Waals surface area (Å²) in [4.78, 5) is 25.0. The zero-order valence-electron chi connectivity index (χ0n) is 17.1. The number of aromatic amines is 4. The molecular weight excluding hydrogens is 394 g/mol. The van der Waals surface area contributed by atoms with Crippen LogP contribution in [0.2, 0.25) is 0 Å². The summed E-state index contributed by atoms with van der Waals surface area (Å²) in [6.07, 6.45) is 0. The number of nitrogens with one attached hydrogen (secondary N) is 4. The normalized spacial score (nSPS) is 10.9. The van der Waals surface area contributed by atoms with E-state index in [1.54, 1.807) is 32.0 Å². The van der Waals surface area contributed by atoms with Gasteiger partial charge in [-0.3, -0.25) is 19.8 Å². The second kappa shape index (κ2) is 8.24. The van der Waals surface area contributed by atoms with Crippen LogP contribution >= 0.6 is 0 Å². The lowest BCUT2D eigenvalue weighted by Gasteiger charge is -2.16. The monoisotopic (exact) mass is 415 g/mol. The molecule has 8 heteroatoms. The van der Waals surface area contributed by atoms with E-state index in [1.807, 2.05) is 30.3 Å². The number of benzene rings is 2. The highest BCUT2D eigenvalue weighted by Gasteiger charge is 2.27. The molecule has 4 aromatic rings. The first-order chi connectivity index (χ1) is 15.0. The Bertz CT molecular complexity index is 1310. The van der Waals surface area contributed by atoms with Gasteiger partial charge in [-0.25, -0.2) is 0 Å². The van der Waals surface area contributed by atoms with Crippen molar-refractivity contribution in [1.29, 1.82) is 5.26 Å². The van der Waals surface area contributed by atoms with E-state index >= 15 is 0 Å². The standard InChI is InChI=1S/C23H21N5O3/c1-13-19(22(29)27-25-13)21(20-14(2)26-28-23(20)30)15-7-9-18(10-8-15)31-12-17-6-4-3-5-16(17)11-24/h3-10,21H,12H2,1-2H3,(H2,25,27,29)(H2,26,28,30). The van der Waals surface area contributed by atoms with Crippen molar-refractivity contribution >= 4 is 0 Å². The predicted octanol–water partition coefficient (Wildman–Crippen LogP) is 2.97. The van der Waals surface area contributed by atoms with Crippen molar-refractivity contribution in [3.05, 3.63) is 108 Å². The molecule has 0 amide bonds. The average Bonchev–Trinajstić information content (AvgIpc) is 3.29. The molecule has 0 fully saturated rings. The van der Waals surface area contributed by atoms with Gasteiger partial charge in [-0.15, -0.1) is 0 Å². The van der Waals surface area contributed by atoms with Crippen LogP contribution in [0.3, 0.4) is 0 Å². The summed E-state index contributed by atoms with van der Waals surface area (Å²) in [6.45, 7) is 3.85. The lowest BCUT2D eigenvalue weighted by Crippen LogP contribution is -2.20. The number of nitriles is 1. The van der Waals surface area contributed by atoms with Crippen molar-refractivity contribution in [3.8, 4) is 11.8 Å². The van der Waals surface area contributed by atoms with Crippen molar-refractivity contribution < 1.29 is 4.74 Å². The van der Waals surface area contributed by atoms with Crippen LogP contribution in [-0.2, 0) is 6.61 Å². The van der Waals surface area contributed by atoms with Gasteiger partial charge >= 0.3 is 0 Å². The number of hydrogen-bond donors (Lipinski definition) is 4. The highest BCUT2D eigenvalue weighted by Crippen LogP contribution is 2.32. The predicted molar refractivity (Wildman–Crippen MR) is 115 cm³/mol. The van der Waals surface area contributed by atoms with Gasteiger partial charge in [0.2, 0.25) is 0 Å². The molecule has 0 unspecified atom stereocenters. The molecule has 0 radical (unpaired) electrons. The van der Waals surface area contributed by atoms with E-state index in [0.717, 1.165) is 11.1 Å². The number of ether oxygens (including phenoxy) is 1. The lowest BCUT2D eigenvalue weighted by molar-refractivity contribution is 0.306. The summed E-state index contributed by atoms with van der Waals surface area (Å²) in [5.74, 6) is 0.0769. The minimum atomic E-state index is -0.543. The van der Waals surface area contributed by atoms with Gasteiger partial charge in [-0.1, -0.05) is 30.3 Å². The Morgan fingerprint density at radius 2 is 1.45 bits per heavy atom. The Labute approximate surface area is 177 Å². The summed E-state index contributed by atoms with van der Waals surface area (Å²) in [5, 5.41) is 20.1. The quantitative estimate of drug-likeness (QED) is 0.386. The van der Waals surface area contributed by atoms with Crippen LogP contribution in [0.25, 0.3) is 0 Å². The number of H-pyrrole nitrogens is 4. The largest absolute Gasteiger partial charge is 0.489 e. The second-order valence-electron chi connectivity index (χ2n) is 7.30. The number of aromatic nitrogens is 4. The Balaban J connectivity index is 1.67. The van der Waals surface area contributed by atoms with Crippen molar-refractivity contribution in [2.24, 2.45) is 0 Å². The van der Waals surface area contributed by atoms with Crippen molar-refractivity contribution in [2.75, 3.05) is 0 Å². The minimum absolute atomic E-state index is 0.264. The zero-order valence-corrected chi connectivity index (χ0v) is 17.1. The maximum atomic E-state index is 12.5. The Morgan fingerprint density at radius 1 is 0.871 bits per heavy atom. The molecule has 0 aliphatic carbocycles. The Morgan fingerprint density at radius 3 is 1.97 bits per heavy atom.